The molecule has 0 spiro atoms. The smallest absolute Gasteiger partial charge is 0.248 e. The zero-order chi connectivity index (χ0) is 13.0. The highest BCUT2D eigenvalue weighted by atomic mass is 16.1. The van der Waals surface area contributed by atoms with Crippen LogP contribution in [0.4, 0.5) is 0 Å². The maximum Gasteiger partial charge on any atom is 0.248 e. The van der Waals surface area contributed by atoms with Crippen LogP contribution in [0.25, 0.3) is 0 Å². The standard InChI is InChI=1S/C15H24N2O/c1-3-4-8-17-9-6-5-7-14(17)13-11-16-15(18)10-12(13)2/h10-11,14H,3-9H2,1-2H3,(H,16,18). The van der Waals surface area contributed by atoms with Crippen molar-refractivity contribution in [1.82, 2.24) is 9.88 Å². The van der Waals surface area contributed by atoms with Crippen LogP contribution in [-0.2, 0) is 0 Å². The van der Waals surface area contributed by atoms with Crippen molar-refractivity contribution in [2.75, 3.05) is 13.1 Å². The summed E-state index contributed by atoms with van der Waals surface area (Å²) >= 11 is 0. The van der Waals surface area contributed by atoms with Crippen molar-refractivity contribution in [3.8, 4) is 0 Å². The lowest BCUT2D eigenvalue weighted by Gasteiger charge is -2.36. The Morgan fingerprint density at radius 2 is 2.28 bits per heavy atom. The summed E-state index contributed by atoms with van der Waals surface area (Å²) in [6.45, 7) is 6.67. The second-order valence-electron chi connectivity index (χ2n) is 5.34. The number of likely N-dealkylation sites (tertiary alicyclic amines) is 1. The first kappa shape index (κ1) is 13.3. The Labute approximate surface area is 109 Å². The van der Waals surface area contributed by atoms with Crippen LogP contribution >= 0.6 is 0 Å². The van der Waals surface area contributed by atoms with Gasteiger partial charge in [-0.25, -0.2) is 0 Å². The third-order valence-corrected chi connectivity index (χ3v) is 3.94. The molecule has 0 aromatic carbocycles. The number of aryl methyl sites for hydroxylation is 1. The van der Waals surface area contributed by atoms with Gasteiger partial charge in [-0.05, 0) is 50.4 Å². The number of aromatic nitrogens is 1. The molecule has 2 rings (SSSR count). The van der Waals surface area contributed by atoms with Gasteiger partial charge >= 0.3 is 0 Å². The number of piperidine rings is 1. The molecule has 2 heterocycles. The number of pyridine rings is 1. The molecule has 100 valence electrons. The highest BCUT2D eigenvalue weighted by Gasteiger charge is 2.24. The number of aromatic amines is 1. The minimum atomic E-state index is 0.00664. The quantitative estimate of drug-likeness (QED) is 0.889. The normalized spacial score (nSPS) is 21.1. The van der Waals surface area contributed by atoms with Crippen LogP contribution in [0.2, 0.25) is 0 Å². The molecule has 1 fully saturated rings. The molecule has 3 heteroatoms. The number of nitrogens with zero attached hydrogens (tertiary/aromatic N) is 1. The van der Waals surface area contributed by atoms with Gasteiger partial charge in [0, 0.05) is 18.3 Å². The molecule has 18 heavy (non-hydrogen) atoms. The van der Waals surface area contributed by atoms with E-state index in [1.807, 2.05) is 6.20 Å². The summed E-state index contributed by atoms with van der Waals surface area (Å²) in [6, 6.07) is 2.23. The Bertz CT molecular complexity index is 438. The first-order valence-corrected chi connectivity index (χ1v) is 7.15. The van der Waals surface area contributed by atoms with Gasteiger partial charge in [-0.1, -0.05) is 19.8 Å². The highest BCUT2D eigenvalue weighted by Crippen LogP contribution is 2.31. The summed E-state index contributed by atoms with van der Waals surface area (Å²) < 4.78 is 0. The van der Waals surface area contributed by atoms with Crippen LogP contribution in [0.3, 0.4) is 0 Å². The van der Waals surface area contributed by atoms with Crippen molar-refractivity contribution >= 4 is 0 Å². The van der Waals surface area contributed by atoms with Crippen LogP contribution in [0.15, 0.2) is 17.1 Å². The van der Waals surface area contributed by atoms with E-state index in [9.17, 15) is 4.79 Å². The average molecular weight is 248 g/mol. The predicted molar refractivity (Wildman–Crippen MR) is 74.9 cm³/mol. The van der Waals surface area contributed by atoms with Crippen LogP contribution < -0.4 is 5.56 Å². The number of unbranched alkanes of at least 4 members (excludes halogenated alkanes) is 1. The van der Waals surface area contributed by atoms with E-state index in [1.165, 1.54) is 50.8 Å². The van der Waals surface area contributed by atoms with Crippen LogP contribution in [-0.4, -0.2) is 23.0 Å². The number of H-pyrrole nitrogens is 1. The highest BCUT2D eigenvalue weighted by molar-refractivity contribution is 5.25. The Morgan fingerprint density at radius 3 is 3.00 bits per heavy atom. The number of rotatable bonds is 4. The van der Waals surface area contributed by atoms with Gasteiger partial charge in [-0.15, -0.1) is 0 Å². The van der Waals surface area contributed by atoms with Crippen molar-refractivity contribution in [3.63, 3.8) is 0 Å². The summed E-state index contributed by atoms with van der Waals surface area (Å²) in [6.07, 6.45) is 8.25. The lowest BCUT2D eigenvalue weighted by Crippen LogP contribution is -2.34. The summed E-state index contributed by atoms with van der Waals surface area (Å²) in [5, 5.41) is 0. The lowest BCUT2D eigenvalue weighted by molar-refractivity contribution is 0.146. The second kappa shape index (κ2) is 6.19. The number of nitrogens with one attached hydrogen (secondary N) is 1. The van der Waals surface area contributed by atoms with Gasteiger partial charge in [0.15, 0.2) is 0 Å². The Balaban J connectivity index is 2.19. The molecule has 3 nitrogen and oxygen atoms in total. The molecule has 1 aromatic heterocycles. The third-order valence-electron chi connectivity index (χ3n) is 3.94. The van der Waals surface area contributed by atoms with Crippen LogP contribution in [0, 0.1) is 6.92 Å². The molecule has 0 aliphatic carbocycles. The van der Waals surface area contributed by atoms with E-state index in [0.29, 0.717) is 6.04 Å². The SMILES string of the molecule is CCCCN1CCCCC1c1c[nH]c(=O)cc1C. The van der Waals surface area contributed by atoms with E-state index in [-0.39, 0.29) is 5.56 Å². The van der Waals surface area contributed by atoms with Gasteiger partial charge in [-0.3, -0.25) is 9.69 Å². The fourth-order valence-electron chi connectivity index (χ4n) is 2.92. The molecule has 0 amide bonds. The minimum Gasteiger partial charge on any atom is -0.329 e. The topological polar surface area (TPSA) is 36.1 Å². The maximum atomic E-state index is 11.3. The van der Waals surface area contributed by atoms with E-state index in [0.717, 1.165) is 5.56 Å². The van der Waals surface area contributed by atoms with Gasteiger partial charge < -0.3 is 4.98 Å². The molecule has 1 atom stereocenters. The molecule has 0 saturated carbocycles. The van der Waals surface area contributed by atoms with E-state index in [1.54, 1.807) is 6.07 Å². The molecule has 1 saturated heterocycles. The molecule has 1 aliphatic rings. The first-order chi connectivity index (χ1) is 8.72. The minimum absolute atomic E-state index is 0.00664. The van der Waals surface area contributed by atoms with Gasteiger partial charge in [0.25, 0.3) is 0 Å². The van der Waals surface area contributed by atoms with Gasteiger partial charge in [0.05, 0.1) is 0 Å². The van der Waals surface area contributed by atoms with Crippen molar-refractivity contribution in [2.45, 2.75) is 52.0 Å². The molecular weight excluding hydrogens is 224 g/mol. The summed E-state index contributed by atoms with van der Waals surface area (Å²) in [5.41, 5.74) is 2.45. The average Bonchev–Trinajstić information content (AvgIpc) is 2.37. The molecule has 1 unspecified atom stereocenters. The van der Waals surface area contributed by atoms with Gasteiger partial charge in [0.2, 0.25) is 5.56 Å². The zero-order valence-corrected chi connectivity index (χ0v) is 11.5. The second-order valence-corrected chi connectivity index (χ2v) is 5.34. The van der Waals surface area contributed by atoms with E-state index < -0.39 is 0 Å². The van der Waals surface area contributed by atoms with Crippen molar-refractivity contribution in [3.05, 3.63) is 33.7 Å². The first-order valence-electron chi connectivity index (χ1n) is 7.15. The summed E-state index contributed by atoms with van der Waals surface area (Å²) in [4.78, 5) is 16.7. The monoisotopic (exact) mass is 248 g/mol. The Hall–Kier alpha value is -1.09. The summed E-state index contributed by atoms with van der Waals surface area (Å²) in [5.74, 6) is 0. The fraction of sp³-hybridized carbons (Fsp3) is 0.667. The third kappa shape index (κ3) is 3.02. The molecular formula is C15H24N2O. The van der Waals surface area contributed by atoms with Crippen molar-refractivity contribution < 1.29 is 0 Å². The molecule has 1 N–H and O–H groups in total. The molecule has 0 bridgehead atoms. The fourth-order valence-corrected chi connectivity index (χ4v) is 2.92. The van der Waals surface area contributed by atoms with E-state index in [4.69, 9.17) is 0 Å². The maximum absolute atomic E-state index is 11.3. The van der Waals surface area contributed by atoms with Gasteiger partial charge in [-0.2, -0.15) is 0 Å². The zero-order valence-electron chi connectivity index (χ0n) is 11.5. The van der Waals surface area contributed by atoms with E-state index >= 15 is 0 Å². The predicted octanol–water partition coefficient (Wildman–Crippen LogP) is 3.01. The molecule has 0 radical (unpaired) electrons. The largest absolute Gasteiger partial charge is 0.329 e. The molecule has 1 aromatic rings. The summed E-state index contributed by atoms with van der Waals surface area (Å²) in [7, 11) is 0. The van der Waals surface area contributed by atoms with Crippen LogP contribution in [0.5, 0.6) is 0 Å². The Morgan fingerprint density at radius 1 is 1.44 bits per heavy atom. The lowest BCUT2D eigenvalue weighted by atomic mass is 9.93. The van der Waals surface area contributed by atoms with Gasteiger partial charge in [0.1, 0.15) is 0 Å². The number of hydrogen-bond acceptors (Lipinski definition) is 2. The van der Waals surface area contributed by atoms with Crippen molar-refractivity contribution in [2.24, 2.45) is 0 Å². The Kier molecular flexibility index (Phi) is 4.59. The van der Waals surface area contributed by atoms with Crippen molar-refractivity contribution in [1.29, 1.82) is 0 Å². The number of hydrogen-bond donors (Lipinski definition) is 1. The molecule has 1 aliphatic heterocycles. The van der Waals surface area contributed by atoms with Crippen LogP contribution in [0.1, 0.15) is 56.2 Å². The van der Waals surface area contributed by atoms with E-state index in [2.05, 4.69) is 23.7 Å².